The average Bonchev–Trinajstić information content (AvgIpc) is 3.02. The highest BCUT2D eigenvalue weighted by Crippen LogP contribution is 2.35. The minimum absolute atomic E-state index is 0.174. The maximum atomic E-state index is 12.7. The Hall–Kier alpha value is -2.02. The van der Waals surface area contributed by atoms with Gasteiger partial charge in [0.05, 0.1) is 34.0 Å². The van der Waals surface area contributed by atoms with Crippen LogP contribution in [0.5, 0.6) is 11.5 Å². The minimum Gasteiger partial charge on any atom is -0.494 e. The lowest BCUT2D eigenvalue weighted by molar-refractivity contribution is 0.102. The molecular formula is C18H16Cl2N2O3S. The standard InChI is InChI=1S/C18H16Cl2N2O3S/c1-3-8-25-10-4-7-13-14(9-10)26-18(21-13)22-17(23)15-11(19)5-6-12(20)16(15)24-2/h4-7,9H,3,8H2,1-2H3,(H,21,22,23). The monoisotopic (exact) mass is 410 g/mol. The van der Waals surface area contributed by atoms with E-state index < -0.39 is 5.91 Å². The Morgan fingerprint density at radius 2 is 2.00 bits per heavy atom. The van der Waals surface area contributed by atoms with Crippen LogP contribution in [-0.2, 0) is 0 Å². The van der Waals surface area contributed by atoms with Crippen LogP contribution in [0.4, 0.5) is 5.13 Å². The Kier molecular flexibility index (Phi) is 5.86. The number of aromatic nitrogens is 1. The van der Waals surface area contributed by atoms with Crippen LogP contribution in [-0.4, -0.2) is 24.6 Å². The molecule has 1 N–H and O–H groups in total. The molecule has 0 atom stereocenters. The number of carbonyl (C=O) groups is 1. The quantitative estimate of drug-likeness (QED) is 0.569. The maximum Gasteiger partial charge on any atom is 0.262 e. The molecule has 3 aromatic rings. The fourth-order valence-corrected chi connectivity index (χ4v) is 3.73. The number of fused-ring (bicyclic) bond motifs is 1. The largest absolute Gasteiger partial charge is 0.494 e. The highest BCUT2D eigenvalue weighted by atomic mass is 35.5. The summed E-state index contributed by atoms with van der Waals surface area (Å²) in [4.78, 5) is 17.1. The summed E-state index contributed by atoms with van der Waals surface area (Å²) in [5, 5.41) is 3.77. The number of ether oxygens (including phenoxy) is 2. The molecule has 0 unspecified atom stereocenters. The second-order valence-electron chi connectivity index (χ2n) is 5.39. The number of nitrogens with one attached hydrogen (secondary N) is 1. The summed E-state index contributed by atoms with van der Waals surface area (Å²) >= 11 is 13.6. The number of nitrogens with zero attached hydrogens (tertiary/aromatic N) is 1. The van der Waals surface area contributed by atoms with Gasteiger partial charge in [-0.25, -0.2) is 4.98 Å². The van der Waals surface area contributed by atoms with Gasteiger partial charge in [-0.05, 0) is 36.8 Å². The van der Waals surface area contributed by atoms with Gasteiger partial charge in [0, 0.05) is 0 Å². The van der Waals surface area contributed by atoms with E-state index in [4.69, 9.17) is 32.7 Å². The van der Waals surface area contributed by atoms with Gasteiger partial charge in [0.1, 0.15) is 11.3 Å². The molecular weight excluding hydrogens is 395 g/mol. The van der Waals surface area contributed by atoms with E-state index in [1.54, 1.807) is 12.1 Å². The zero-order chi connectivity index (χ0) is 18.7. The van der Waals surface area contributed by atoms with Crippen LogP contribution in [0.1, 0.15) is 23.7 Å². The summed E-state index contributed by atoms with van der Waals surface area (Å²) in [6.07, 6.45) is 0.935. The Morgan fingerprint density at radius 1 is 1.23 bits per heavy atom. The Morgan fingerprint density at radius 3 is 2.73 bits per heavy atom. The first-order valence-corrected chi connectivity index (χ1v) is 9.47. The summed E-state index contributed by atoms with van der Waals surface area (Å²) in [5.41, 5.74) is 0.950. The number of hydrogen-bond donors (Lipinski definition) is 1. The number of anilines is 1. The van der Waals surface area contributed by atoms with Crippen LogP contribution in [0.25, 0.3) is 10.2 Å². The van der Waals surface area contributed by atoms with E-state index in [1.807, 2.05) is 25.1 Å². The first-order chi connectivity index (χ1) is 12.5. The molecule has 0 fully saturated rings. The SMILES string of the molecule is CCCOc1ccc2nc(NC(=O)c3c(Cl)ccc(Cl)c3OC)sc2c1. The number of carbonyl (C=O) groups excluding carboxylic acids is 1. The lowest BCUT2D eigenvalue weighted by atomic mass is 10.2. The Labute approximate surface area is 164 Å². The number of thiazole rings is 1. The smallest absolute Gasteiger partial charge is 0.262 e. The highest BCUT2D eigenvalue weighted by molar-refractivity contribution is 7.22. The molecule has 0 spiro atoms. The van der Waals surface area contributed by atoms with Crippen molar-refractivity contribution < 1.29 is 14.3 Å². The molecule has 1 aromatic heterocycles. The minimum atomic E-state index is -0.434. The molecule has 2 aromatic carbocycles. The molecule has 3 rings (SSSR count). The lowest BCUT2D eigenvalue weighted by Crippen LogP contribution is -2.14. The predicted molar refractivity (Wildman–Crippen MR) is 106 cm³/mol. The maximum absolute atomic E-state index is 12.7. The Bertz CT molecular complexity index is 959. The van der Waals surface area contributed by atoms with E-state index in [0.29, 0.717) is 16.8 Å². The topological polar surface area (TPSA) is 60.5 Å². The summed E-state index contributed by atoms with van der Waals surface area (Å²) in [5.74, 6) is 0.573. The lowest BCUT2D eigenvalue weighted by Gasteiger charge is -2.11. The van der Waals surface area contributed by atoms with Crippen LogP contribution < -0.4 is 14.8 Å². The van der Waals surface area contributed by atoms with Crippen molar-refractivity contribution in [3.05, 3.63) is 45.9 Å². The molecule has 0 aliphatic rings. The third-order valence-electron chi connectivity index (χ3n) is 3.54. The van der Waals surface area contributed by atoms with Crippen molar-refractivity contribution in [3.8, 4) is 11.5 Å². The van der Waals surface area contributed by atoms with Crippen LogP contribution in [0, 0.1) is 0 Å². The fraction of sp³-hybridized carbons (Fsp3) is 0.222. The fourth-order valence-electron chi connectivity index (χ4n) is 2.37. The van der Waals surface area contributed by atoms with E-state index in [-0.39, 0.29) is 16.3 Å². The van der Waals surface area contributed by atoms with Crippen LogP contribution in [0.2, 0.25) is 10.0 Å². The van der Waals surface area contributed by atoms with Crippen molar-refractivity contribution in [2.24, 2.45) is 0 Å². The third kappa shape index (κ3) is 3.87. The normalized spacial score (nSPS) is 10.8. The van der Waals surface area contributed by atoms with Gasteiger partial charge in [-0.15, -0.1) is 0 Å². The highest BCUT2D eigenvalue weighted by Gasteiger charge is 2.20. The van der Waals surface area contributed by atoms with Crippen molar-refractivity contribution in [1.82, 2.24) is 4.98 Å². The van der Waals surface area contributed by atoms with E-state index >= 15 is 0 Å². The summed E-state index contributed by atoms with van der Waals surface area (Å²) in [6.45, 7) is 2.70. The zero-order valence-electron chi connectivity index (χ0n) is 14.1. The molecule has 0 saturated carbocycles. The number of hydrogen-bond acceptors (Lipinski definition) is 5. The van der Waals surface area contributed by atoms with E-state index in [2.05, 4.69) is 10.3 Å². The predicted octanol–water partition coefficient (Wildman–Crippen LogP) is 5.65. The third-order valence-corrected chi connectivity index (χ3v) is 5.09. The van der Waals surface area contributed by atoms with Gasteiger partial charge in [-0.1, -0.05) is 41.5 Å². The van der Waals surface area contributed by atoms with Crippen molar-refractivity contribution >= 4 is 55.8 Å². The first-order valence-electron chi connectivity index (χ1n) is 7.90. The van der Waals surface area contributed by atoms with Gasteiger partial charge >= 0.3 is 0 Å². The van der Waals surface area contributed by atoms with Gasteiger partial charge in [0.25, 0.3) is 5.91 Å². The number of rotatable bonds is 6. The molecule has 5 nitrogen and oxygen atoms in total. The van der Waals surface area contributed by atoms with Crippen molar-refractivity contribution in [1.29, 1.82) is 0 Å². The molecule has 1 heterocycles. The van der Waals surface area contributed by atoms with E-state index in [1.165, 1.54) is 18.4 Å². The molecule has 0 radical (unpaired) electrons. The number of halogens is 2. The average molecular weight is 411 g/mol. The van der Waals surface area contributed by atoms with Gasteiger partial charge < -0.3 is 9.47 Å². The molecule has 8 heteroatoms. The molecule has 0 saturated heterocycles. The summed E-state index contributed by atoms with van der Waals surface area (Å²) in [7, 11) is 1.43. The molecule has 0 aliphatic carbocycles. The van der Waals surface area contributed by atoms with Crippen LogP contribution in [0.3, 0.4) is 0 Å². The second-order valence-corrected chi connectivity index (χ2v) is 7.23. The first kappa shape index (κ1) is 18.8. The van der Waals surface area contributed by atoms with Crippen molar-refractivity contribution in [2.75, 3.05) is 19.0 Å². The molecule has 1 amide bonds. The van der Waals surface area contributed by atoms with Crippen LogP contribution >= 0.6 is 34.5 Å². The van der Waals surface area contributed by atoms with Crippen molar-refractivity contribution in [2.45, 2.75) is 13.3 Å². The zero-order valence-corrected chi connectivity index (χ0v) is 16.5. The molecule has 0 bridgehead atoms. The van der Waals surface area contributed by atoms with E-state index in [9.17, 15) is 4.79 Å². The summed E-state index contributed by atoms with van der Waals surface area (Å²) < 4.78 is 11.8. The summed E-state index contributed by atoms with van der Waals surface area (Å²) in [6, 6.07) is 8.76. The van der Waals surface area contributed by atoms with Crippen LogP contribution in [0.15, 0.2) is 30.3 Å². The Balaban J connectivity index is 1.87. The van der Waals surface area contributed by atoms with E-state index in [0.717, 1.165) is 22.4 Å². The van der Waals surface area contributed by atoms with Gasteiger partial charge in [0.15, 0.2) is 10.9 Å². The number of methoxy groups -OCH3 is 1. The molecule has 136 valence electrons. The second kappa shape index (κ2) is 8.12. The van der Waals surface area contributed by atoms with Gasteiger partial charge in [-0.2, -0.15) is 0 Å². The van der Waals surface area contributed by atoms with Gasteiger partial charge in [0.2, 0.25) is 0 Å². The molecule has 26 heavy (non-hydrogen) atoms. The number of benzene rings is 2. The molecule has 0 aliphatic heterocycles. The van der Waals surface area contributed by atoms with Gasteiger partial charge in [-0.3, -0.25) is 10.1 Å². The van der Waals surface area contributed by atoms with Crippen molar-refractivity contribution in [3.63, 3.8) is 0 Å². The number of amides is 1.